The molecule has 0 aliphatic heterocycles. The van der Waals surface area contributed by atoms with E-state index in [9.17, 15) is 0 Å². The topological polar surface area (TPSA) is 12.5 Å². The van der Waals surface area contributed by atoms with E-state index in [1.807, 2.05) is 24.3 Å². The SMILES string of the molecule is CN(CCC(Oc1ccc(Br)cc1)C1CC1)Cc1ccccc1. The number of benzene rings is 2. The van der Waals surface area contributed by atoms with Crippen LogP contribution in [0.2, 0.25) is 0 Å². The zero-order chi connectivity index (χ0) is 16.1. The zero-order valence-corrected chi connectivity index (χ0v) is 15.2. The van der Waals surface area contributed by atoms with Gasteiger partial charge in [0.25, 0.3) is 0 Å². The summed E-state index contributed by atoms with van der Waals surface area (Å²) in [4.78, 5) is 2.38. The fourth-order valence-corrected chi connectivity index (χ4v) is 3.13. The van der Waals surface area contributed by atoms with Gasteiger partial charge in [-0.1, -0.05) is 46.3 Å². The molecule has 3 heteroatoms. The van der Waals surface area contributed by atoms with E-state index in [-0.39, 0.29) is 0 Å². The smallest absolute Gasteiger partial charge is 0.119 e. The second-order valence-corrected chi connectivity index (χ2v) is 7.38. The summed E-state index contributed by atoms with van der Waals surface area (Å²) in [6.45, 7) is 2.06. The third-order valence-corrected chi connectivity index (χ3v) is 4.87. The van der Waals surface area contributed by atoms with Crippen molar-refractivity contribution in [1.29, 1.82) is 0 Å². The Balaban J connectivity index is 1.50. The van der Waals surface area contributed by atoms with Crippen LogP contribution in [0.15, 0.2) is 59.1 Å². The molecule has 1 aliphatic carbocycles. The van der Waals surface area contributed by atoms with Crippen LogP contribution in [0.5, 0.6) is 5.75 Å². The molecule has 0 bridgehead atoms. The minimum Gasteiger partial charge on any atom is -0.490 e. The van der Waals surface area contributed by atoms with Gasteiger partial charge in [-0.2, -0.15) is 0 Å². The summed E-state index contributed by atoms with van der Waals surface area (Å²) < 4.78 is 7.34. The Morgan fingerprint density at radius 3 is 2.43 bits per heavy atom. The third-order valence-electron chi connectivity index (χ3n) is 4.34. The number of nitrogens with zero attached hydrogens (tertiary/aromatic N) is 1. The molecule has 122 valence electrons. The Kier molecular flexibility index (Phi) is 5.74. The van der Waals surface area contributed by atoms with Crippen LogP contribution < -0.4 is 4.74 Å². The number of hydrogen-bond donors (Lipinski definition) is 0. The highest BCUT2D eigenvalue weighted by Crippen LogP contribution is 2.36. The Morgan fingerprint density at radius 1 is 1.09 bits per heavy atom. The first kappa shape index (κ1) is 16.5. The molecule has 1 saturated carbocycles. The average Bonchev–Trinajstić information content (AvgIpc) is 3.39. The van der Waals surface area contributed by atoms with E-state index >= 15 is 0 Å². The van der Waals surface area contributed by atoms with Crippen molar-refractivity contribution in [2.24, 2.45) is 5.92 Å². The number of hydrogen-bond acceptors (Lipinski definition) is 2. The second kappa shape index (κ2) is 7.98. The molecule has 1 unspecified atom stereocenters. The van der Waals surface area contributed by atoms with E-state index in [1.54, 1.807) is 0 Å². The van der Waals surface area contributed by atoms with E-state index in [2.05, 4.69) is 58.2 Å². The molecule has 3 rings (SSSR count). The van der Waals surface area contributed by atoms with Crippen LogP contribution in [0.3, 0.4) is 0 Å². The molecular weight excluding hydrogens is 350 g/mol. The molecule has 0 radical (unpaired) electrons. The van der Waals surface area contributed by atoms with Crippen LogP contribution >= 0.6 is 15.9 Å². The van der Waals surface area contributed by atoms with Crippen molar-refractivity contribution in [3.05, 3.63) is 64.6 Å². The van der Waals surface area contributed by atoms with Gasteiger partial charge in [0.05, 0.1) is 0 Å². The molecule has 0 N–H and O–H groups in total. The standard InChI is InChI=1S/C20H24BrNO/c1-22(15-16-5-3-2-4-6-16)14-13-20(17-7-8-17)23-19-11-9-18(21)10-12-19/h2-6,9-12,17,20H,7-8,13-15H2,1H3. The van der Waals surface area contributed by atoms with Gasteiger partial charge in [0.15, 0.2) is 0 Å². The lowest BCUT2D eigenvalue weighted by Crippen LogP contribution is -2.27. The largest absolute Gasteiger partial charge is 0.490 e. The van der Waals surface area contributed by atoms with Gasteiger partial charge in [0.2, 0.25) is 0 Å². The minimum atomic E-state index is 0.342. The van der Waals surface area contributed by atoms with E-state index in [1.165, 1.54) is 18.4 Å². The van der Waals surface area contributed by atoms with Crippen molar-refractivity contribution in [2.75, 3.05) is 13.6 Å². The van der Waals surface area contributed by atoms with Crippen molar-refractivity contribution in [1.82, 2.24) is 4.90 Å². The maximum Gasteiger partial charge on any atom is 0.119 e. The fraction of sp³-hybridized carbons (Fsp3) is 0.400. The highest BCUT2D eigenvalue weighted by molar-refractivity contribution is 9.10. The van der Waals surface area contributed by atoms with Gasteiger partial charge >= 0.3 is 0 Å². The maximum absolute atomic E-state index is 6.25. The number of ether oxygens (including phenoxy) is 1. The van der Waals surface area contributed by atoms with Crippen LogP contribution in [-0.4, -0.2) is 24.6 Å². The fourth-order valence-electron chi connectivity index (χ4n) is 2.87. The summed E-state index contributed by atoms with van der Waals surface area (Å²) in [5, 5.41) is 0. The average molecular weight is 374 g/mol. The molecule has 1 aliphatic rings. The summed E-state index contributed by atoms with van der Waals surface area (Å²) in [5.74, 6) is 1.72. The lowest BCUT2D eigenvalue weighted by Gasteiger charge is -2.23. The van der Waals surface area contributed by atoms with Crippen molar-refractivity contribution in [2.45, 2.75) is 31.9 Å². The van der Waals surface area contributed by atoms with Gasteiger partial charge in [0.1, 0.15) is 11.9 Å². The predicted molar refractivity (Wildman–Crippen MR) is 98.7 cm³/mol. The molecule has 2 aromatic rings. The molecule has 1 fully saturated rings. The normalized spacial score (nSPS) is 15.6. The van der Waals surface area contributed by atoms with Gasteiger partial charge < -0.3 is 9.64 Å². The molecule has 0 amide bonds. The van der Waals surface area contributed by atoms with Gasteiger partial charge in [-0.05, 0) is 62.1 Å². The Labute approximate surface area is 147 Å². The lowest BCUT2D eigenvalue weighted by atomic mass is 10.1. The van der Waals surface area contributed by atoms with Crippen LogP contribution in [0.1, 0.15) is 24.8 Å². The first-order chi connectivity index (χ1) is 11.2. The van der Waals surface area contributed by atoms with E-state index < -0.39 is 0 Å². The van der Waals surface area contributed by atoms with Gasteiger partial charge in [-0.15, -0.1) is 0 Å². The number of halogens is 1. The van der Waals surface area contributed by atoms with Gasteiger partial charge in [-0.25, -0.2) is 0 Å². The van der Waals surface area contributed by atoms with Crippen molar-refractivity contribution < 1.29 is 4.74 Å². The zero-order valence-electron chi connectivity index (χ0n) is 13.6. The Hall–Kier alpha value is -1.32. The number of rotatable bonds is 8. The highest BCUT2D eigenvalue weighted by atomic mass is 79.9. The van der Waals surface area contributed by atoms with Crippen LogP contribution in [0.25, 0.3) is 0 Å². The summed E-state index contributed by atoms with van der Waals surface area (Å²) in [6, 6.07) is 18.8. The van der Waals surface area contributed by atoms with E-state index in [0.29, 0.717) is 6.10 Å². The van der Waals surface area contributed by atoms with Gasteiger partial charge in [-0.3, -0.25) is 0 Å². The molecule has 0 heterocycles. The maximum atomic E-state index is 6.25. The summed E-state index contributed by atoms with van der Waals surface area (Å²) in [6.07, 6.45) is 4.05. The molecule has 2 nitrogen and oxygen atoms in total. The molecule has 23 heavy (non-hydrogen) atoms. The molecule has 0 saturated heterocycles. The monoisotopic (exact) mass is 373 g/mol. The van der Waals surface area contributed by atoms with Crippen LogP contribution in [0.4, 0.5) is 0 Å². The van der Waals surface area contributed by atoms with Crippen LogP contribution in [-0.2, 0) is 6.54 Å². The van der Waals surface area contributed by atoms with E-state index in [4.69, 9.17) is 4.74 Å². The molecule has 0 aromatic heterocycles. The summed E-state index contributed by atoms with van der Waals surface area (Å²) >= 11 is 3.47. The van der Waals surface area contributed by atoms with Crippen LogP contribution in [0, 0.1) is 5.92 Å². The van der Waals surface area contributed by atoms with Crippen molar-refractivity contribution in [3.63, 3.8) is 0 Å². The summed E-state index contributed by atoms with van der Waals surface area (Å²) in [5.41, 5.74) is 1.37. The Bertz CT molecular complexity index is 595. The quantitative estimate of drug-likeness (QED) is 0.635. The molecule has 0 spiro atoms. The van der Waals surface area contributed by atoms with Crippen molar-refractivity contribution >= 4 is 15.9 Å². The second-order valence-electron chi connectivity index (χ2n) is 6.46. The third kappa shape index (κ3) is 5.36. The van der Waals surface area contributed by atoms with E-state index in [0.717, 1.165) is 35.7 Å². The highest BCUT2D eigenvalue weighted by Gasteiger charge is 2.32. The minimum absolute atomic E-state index is 0.342. The molecular formula is C20H24BrNO. The van der Waals surface area contributed by atoms with Gasteiger partial charge in [0, 0.05) is 17.6 Å². The first-order valence-corrected chi connectivity index (χ1v) is 9.15. The lowest BCUT2D eigenvalue weighted by molar-refractivity contribution is 0.149. The van der Waals surface area contributed by atoms with Crippen molar-refractivity contribution in [3.8, 4) is 5.75 Å². The summed E-state index contributed by atoms with van der Waals surface area (Å²) in [7, 11) is 2.19. The Morgan fingerprint density at radius 2 is 1.78 bits per heavy atom. The first-order valence-electron chi connectivity index (χ1n) is 8.35. The predicted octanol–water partition coefficient (Wildman–Crippen LogP) is 5.13. The molecule has 2 aromatic carbocycles. The molecule has 1 atom stereocenters.